The first-order chi connectivity index (χ1) is 6.24. The molecule has 0 fully saturated rings. The van der Waals surface area contributed by atoms with Crippen molar-refractivity contribution in [1.82, 2.24) is 0 Å². The summed E-state index contributed by atoms with van der Waals surface area (Å²) in [5.74, 6) is 5.66. The molecule has 0 unspecified atom stereocenters. The molecule has 0 aliphatic rings. The Hall–Kier alpha value is -0.330. The Labute approximate surface area is 93.8 Å². The molecule has 1 aromatic rings. The maximum absolute atomic E-state index is 12.7. The molecule has 0 radical (unpaired) electrons. The molecule has 0 heterocycles. The van der Waals surface area contributed by atoms with Gasteiger partial charge in [0.15, 0.2) is 0 Å². The molecule has 0 aliphatic carbocycles. The Morgan fingerprint density at radius 1 is 1.38 bits per heavy atom. The Kier molecular flexibility index (Phi) is 4.47. The minimum absolute atomic E-state index is 0.252. The van der Waals surface area contributed by atoms with Crippen molar-refractivity contribution in [1.29, 1.82) is 0 Å². The second-order valence-electron chi connectivity index (χ2n) is 2.36. The van der Waals surface area contributed by atoms with Gasteiger partial charge >= 0.3 is 0 Å². The predicted octanol–water partition coefficient (Wildman–Crippen LogP) is 3.72. The van der Waals surface area contributed by atoms with Crippen LogP contribution in [0.5, 0.6) is 0 Å². The zero-order valence-electron chi connectivity index (χ0n) is 6.78. The van der Waals surface area contributed by atoms with E-state index >= 15 is 0 Å². The van der Waals surface area contributed by atoms with Gasteiger partial charge in [-0.2, -0.15) is 0 Å². The Morgan fingerprint density at radius 3 is 2.77 bits per heavy atom. The van der Waals surface area contributed by atoms with E-state index in [0.29, 0.717) is 4.47 Å². The Morgan fingerprint density at radius 2 is 2.15 bits per heavy atom. The molecule has 0 saturated heterocycles. The number of benzene rings is 1. The molecule has 0 saturated carbocycles. The second kappa shape index (κ2) is 5.41. The van der Waals surface area contributed by atoms with Crippen LogP contribution >= 0.6 is 31.9 Å². The van der Waals surface area contributed by atoms with Gasteiger partial charge in [-0.05, 0) is 34.1 Å². The average Bonchev–Trinajstić information content (AvgIpc) is 2.09. The van der Waals surface area contributed by atoms with Gasteiger partial charge < -0.3 is 0 Å². The smallest absolute Gasteiger partial charge is 0.124 e. The summed E-state index contributed by atoms with van der Waals surface area (Å²) in [5, 5.41) is 0.860. The predicted molar refractivity (Wildman–Crippen MR) is 59.4 cm³/mol. The van der Waals surface area contributed by atoms with E-state index in [2.05, 4.69) is 43.7 Å². The van der Waals surface area contributed by atoms with E-state index in [1.807, 2.05) is 0 Å². The number of hydrogen-bond acceptors (Lipinski definition) is 0. The van der Waals surface area contributed by atoms with Crippen LogP contribution in [0.1, 0.15) is 12.0 Å². The summed E-state index contributed by atoms with van der Waals surface area (Å²) >= 11 is 6.52. The Bertz CT molecular complexity index is 350. The summed E-state index contributed by atoms with van der Waals surface area (Å²) in [6.07, 6.45) is 0.795. The lowest BCUT2D eigenvalue weighted by atomic mass is 10.2. The summed E-state index contributed by atoms with van der Waals surface area (Å²) < 4.78 is 13.4. The van der Waals surface area contributed by atoms with Crippen LogP contribution in [0.25, 0.3) is 0 Å². The molecule has 1 rings (SSSR count). The minimum Gasteiger partial charge on any atom is -0.207 e. The summed E-state index contributed by atoms with van der Waals surface area (Å²) in [6, 6.07) is 4.49. The first-order valence-corrected chi connectivity index (χ1v) is 5.65. The van der Waals surface area contributed by atoms with Crippen LogP contribution < -0.4 is 0 Å². The van der Waals surface area contributed by atoms with Crippen LogP contribution in [0.4, 0.5) is 4.39 Å². The molecule has 0 nitrogen and oxygen atoms in total. The van der Waals surface area contributed by atoms with E-state index in [9.17, 15) is 4.39 Å². The van der Waals surface area contributed by atoms with Crippen LogP contribution in [0, 0.1) is 17.7 Å². The van der Waals surface area contributed by atoms with Crippen molar-refractivity contribution in [3.05, 3.63) is 34.1 Å². The van der Waals surface area contributed by atoms with Gasteiger partial charge in [-0.25, -0.2) is 4.39 Å². The largest absolute Gasteiger partial charge is 0.207 e. The first-order valence-electron chi connectivity index (χ1n) is 3.74. The molecule has 1 aromatic carbocycles. The van der Waals surface area contributed by atoms with E-state index < -0.39 is 0 Å². The zero-order chi connectivity index (χ0) is 9.68. The van der Waals surface area contributed by atoms with Gasteiger partial charge in [0.2, 0.25) is 0 Å². The van der Waals surface area contributed by atoms with Gasteiger partial charge in [-0.1, -0.05) is 27.8 Å². The topological polar surface area (TPSA) is 0 Å². The molecule has 3 heteroatoms. The molecular weight excluding hydrogens is 299 g/mol. The third-order valence-electron chi connectivity index (χ3n) is 1.37. The first kappa shape index (κ1) is 10.7. The van der Waals surface area contributed by atoms with Crippen LogP contribution in [-0.2, 0) is 0 Å². The fourth-order valence-corrected chi connectivity index (χ4v) is 1.44. The van der Waals surface area contributed by atoms with Gasteiger partial charge in [-0.15, -0.1) is 0 Å². The highest BCUT2D eigenvalue weighted by Crippen LogP contribution is 2.16. The maximum Gasteiger partial charge on any atom is 0.124 e. The SMILES string of the molecule is Fc1ccc(C#CCCBr)c(Br)c1. The van der Waals surface area contributed by atoms with Gasteiger partial charge in [-0.3, -0.25) is 0 Å². The van der Waals surface area contributed by atoms with Crippen molar-refractivity contribution in [2.24, 2.45) is 0 Å². The van der Waals surface area contributed by atoms with Gasteiger partial charge in [0.05, 0.1) is 0 Å². The fraction of sp³-hybridized carbons (Fsp3) is 0.200. The average molecular weight is 306 g/mol. The zero-order valence-corrected chi connectivity index (χ0v) is 9.95. The number of alkyl halides is 1. The third-order valence-corrected chi connectivity index (χ3v) is 2.43. The van der Waals surface area contributed by atoms with E-state index in [1.54, 1.807) is 6.07 Å². The van der Waals surface area contributed by atoms with Crippen molar-refractivity contribution < 1.29 is 4.39 Å². The van der Waals surface area contributed by atoms with Crippen LogP contribution in [0.3, 0.4) is 0 Å². The maximum atomic E-state index is 12.7. The summed E-state index contributed by atoms with van der Waals surface area (Å²) in [7, 11) is 0. The van der Waals surface area contributed by atoms with Crippen molar-refractivity contribution in [2.45, 2.75) is 6.42 Å². The fourth-order valence-electron chi connectivity index (χ4n) is 0.796. The van der Waals surface area contributed by atoms with Crippen molar-refractivity contribution in [3.63, 3.8) is 0 Å². The lowest BCUT2D eigenvalue weighted by Crippen LogP contribution is -1.80. The van der Waals surface area contributed by atoms with Crippen LogP contribution in [0.15, 0.2) is 22.7 Å². The number of hydrogen-bond donors (Lipinski definition) is 0. The molecule has 0 atom stereocenters. The summed E-state index contributed by atoms with van der Waals surface area (Å²) in [6.45, 7) is 0. The standard InChI is InChI=1S/C10H7Br2F/c11-6-2-1-3-8-4-5-9(13)7-10(8)12/h4-5,7H,2,6H2. The highest BCUT2D eigenvalue weighted by atomic mass is 79.9. The van der Waals surface area contributed by atoms with Gasteiger partial charge in [0.25, 0.3) is 0 Å². The van der Waals surface area contributed by atoms with Gasteiger partial charge in [0, 0.05) is 21.8 Å². The molecule has 0 amide bonds. The molecule has 0 aliphatic heterocycles. The van der Waals surface area contributed by atoms with Crippen molar-refractivity contribution in [3.8, 4) is 11.8 Å². The molecule has 0 bridgehead atoms. The van der Waals surface area contributed by atoms with Gasteiger partial charge in [0.1, 0.15) is 5.82 Å². The highest BCUT2D eigenvalue weighted by Gasteiger charge is 1.96. The number of halogens is 3. The van der Waals surface area contributed by atoms with E-state index in [0.717, 1.165) is 17.3 Å². The molecule has 0 aromatic heterocycles. The molecule has 13 heavy (non-hydrogen) atoms. The van der Waals surface area contributed by atoms with E-state index in [-0.39, 0.29) is 5.82 Å². The number of rotatable bonds is 1. The third kappa shape index (κ3) is 3.50. The lowest BCUT2D eigenvalue weighted by molar-refractivity contribution is 0.627. The monoisotopic (exact) mass is 304 g/mol. The molecular formula is C10H7Br2F. The summed E-state index contributed by atoms with van der Waals surface area (Å²) in [4.78, 5) is 0. The second-order valence-corrected chi connectivity index (χ2v) is 4.01. The normalized spacial score (nSPS) is 9.15. The molecule has 0 spiro atoms. The van der Waals surface area contributed by atoms with E-state index in [4.69, 9.17) is 0 Å². The van der Waals surface area contributed by atoms with Crippen LogP contribution in [0.2, 0.25) is 0 Å². The van der Waals surface area contributed by atoms with E-state index in [1.165, 1.54) is 12.1 Å². The quantitative estimate of drug-likeness (QED) is 0.548. The highest BCUT2D eigenvalue weighted by molar-refractivity contribution is 9.10. The molecule has 68 valence electrons. The van der Waals surface area contributed by atoms with Crippen LogP contribution in [-0.4, -0.2) is 5.33 Å². The Balaban J connectivity index is 2.85. The molecule has 0 N–H and O–H groups in total. The minimum atomic E-state index is -0.252. The van der Waals surface area contributed by atoms with Crippen molar-refractivity contribution >= 4 is 31.9 Å². The van der Waals surface area contributed by atoms with Crippen molar-refractivity contribution in [2.75, 3.05) is 5.33 Å². The summed E-state index contributed by atoms with van der Waals surface area (Å²) in [5.41, 5.74) is 0.822. The lowest BCUT2D eigenvalue weighted by Gasteiger charge is -1.94.